The molecule has 1 rings (SSSR count). The van der Waals surface area contributed by atoms with Gasteiger partial charge < -0.3 is 5.32 Å². The first kappa shape index (κ1) is 10.2. The highest BCUT2D eigenvalue weighted by atomic mass is 127. The standard InChI is InChI=1S/C9H9IN2O/c1-7-2-3-9(12-6-7)11-5-4-8(10)13/h2-6H,1H3,(H,11,12). The average molecular weight is 288 g/mol. The molecule has 0 radical (unpaired) electrons. The number of anilines is 1. The Morgan fingerprint density at radius 1 is 1.62 bits per heavy atom. The van der Waals surface area contributed by atoms with Crippen molar-refractivity contribution in [3.8, 4) is 0 Å². The van der Waals surface area contributed by atoms with Gasteiger partial charge in [0.1, 0.15) is 5.82 Å². The third-order valence-corrected chi connectivity index (χ3v) is 1.72. The minimum absolute atomic E-state index is 0.0165. The largest absolute Gasteiger partial charge is 0.347 e. The summed E-state index contributed by atoms with van der Waals surface area (Å²) >= 11 is 1.70. The average Bonchev–Trinajstić information content (AvgIpc) is 2.08. The summed E-state index contributed by atoms with van der Waals surface area (Å²) in [5, 5.41) is 2.89. The number of pyridine rings is 1. The Balaban J connectivity index is 2.55. The molecule has 1 aromatic heterocycles. The predicted molar refractivity (Wildman–Crippen MR) is 60.8 cm³/mol. The van der Waals surface area contributed by atoms with Crippen LogP contribution in [0.1, 0.15) is 5.56 Å². The van der Waals surface area contributed by atoms with Gasteiger partial charge in [0, 0.05) is 41.1 Å². The molecular weight excluding hydrogens is 279 g/mol. The summed E-state index contributed by atoms with van der Waals surface area (Å²) in [6.07, 6.45) is 4.79. The lowest BCUT2D eigenvalue weighted by molar-refractivity contribution is -0.105. The summed E-state index contributed by atoms with van der Waals surface area (Å²) in [5.41, 5.74) is 1.11. The summed E-state index contributed by atoms with van der Waals surface area (Å²) in [7, 11) is 0. The number of hydrogen-bond acceptors (Lipinski definition) is 3. The minimum Gasteiger partial charge on any atom is -0.347 e. The van der Waals surface area contributed by atoms with Gasteiger partial charge in [0.05, 0.1) is 0 Å². The molecule has 0 saturated carbocycles. The Labute approximate surface area is 90.4 Å². The Kier molecular flexibility index (Phi) is 3.88. The summed E-state index contributed by atoms with van der Waals surface area (Å²) in [6, 6.07) is 3.81. The highest BCUT2D eigenvalue weighted by Crippen LogP contribution is 2.03. The first-order chi connectivity index (χ1) is 6.18. The zero-order chi connectivity index (χ0) is 9.68. The van der Waals surface area contributed by atoms with E-state index in [-0.39, 0.29) is 3.79 Å². The molecule has 13 heavy (non-hydrogen) atoms. The summed E-state index contributed by atoms with van der Waals surface area (Å²) < 4.78 is -0.0165. The fourth-order valence-corrected chi connectivity index (χ4v) is 0.926. The Morgan fingerprint density at radius 3 is 2.92 bits per heavy atom. The van der Waals surface area contributed by atoms with E-state index in [0.29, 0.717) is 0 Å². The zero-order valence-corrected chi connectivity index (χ0v) is 9.28. The number of aromatic nitrogens is 1. The number of aryl methyl sites for hydroxylation is 1. The van der Waals surface area contributed by atoms with E-state index in [1.165, 1.54) is 6.08 Å². The maximum atomic E-state index is 10.5. The summed E-state index contributed by atoms with van der Waals surface area (Å²) in [4.78, 5) is 14.6. The fourth-order valence-electron chi connectivity index (χ4n) is 0.746. The van der Waals surface area contributed by atoms with Gasteiger partial charge >= 0.3 is 0 Å². The molecule has 4 heteroatoms. The number of halogens is 1. The van der Waals surface area contributed by atoms with Gasteiger partial charge in [-0.2, -0.15) is 0 Å². The van der Waals surface area contributed by atoms with Gasteiger partial charge in [0.2, 0.25) is 3.79 Å². The molecule has 0 aliphatic heterocycles. The lowest BCUT2D eigenvalue weighted by Gasteiger charge is -1.98. The first-order valence-corrected chi connectivity index (χ1v) is 4.81. The number of nitrogens with zero attached hydrogens (tertiary/aromatic N) is 1. The zero-order valence-electron chi connectivity index (χ0n) is 7.12. The van der Waals surface area contributed by atoms with Crippen molar-refractivity contribution in [2.24, 2.45) is 0 Å². The van der Waals surface area contributed by atoms with Gasteiger partial charge in [-0.05, 0) is 18.6 Å². The van der Waals surface area contributed by atoms with Crippen LogP contribution in [0, 0.1) is 6.92 Å². The molecule has 0 aromatic carbocycles. The second-order valence-corrected chi connectivity index (χ2v) is 3.57. The molecule has 0 spiro atoms. The lowest BCUT2D eigenvalue weighted by Crippen LogP contribution is -1.91. The van der Waals surface area contributed by atoms with E-state index in [0.717, 1.165) is 11.4 Å². The molecule has 0 amide bonds. The Morgan fingerprint density at radius 2 is 2.38 bits per heavy atom. The van der Waals surface area contributed by atoms with Gasteiger partial charge in [-0.1, -0.05) is 6.07 Å². The Hall–Kier alpha value is -0.910. The molecule has 1 aromatic rings. The van der Waals surface area contributed by atoms with E-state index in [4.69, 9.17) is 0 Å². The van der Waals surface area contributed by atoms with Crippen molar-refractivity contribution in [3.63, 3.8) is 0 Å². The lowest BCUT2D eigenvalue weighted by atomic mass is 10.3. The summed E-state index contributed by atoms with van der Waals surface area (Å²) in [5.74, 6) is 0.736. The van der Waals surface area contributed by atoms with Gasteiger partial charge in [0.15, 0.2) is 0 Å². The van der Waals surface area contributed by atoms with Gasteiger partial charge in [-0.15, -0.1) is 0 Å². The second kappa shape index (κ2) is 4.96. The van der Waals surface area contributed by atoms with E-state index in [1.54, 1.807) is 35.0 Å². The van der Waals surface area contributed by atoms with E-state index >= 15 is 0 Å². The number of rotatable bonds is 3. The van der Waals surface area contributed by atoms with Crippen LogP contribution in [0.25, 0.3) is 0 Å². The smallest absolute Gasteiger partial charge is 0.216 e. The van der Waals surface area contributed by atoms with E-state index in [1.807, 2.05) is 19.1 Å². The molecule has 3 nitrogen and oxygen atoms in total. The predicted octanol–water partition coefficient (Wildman–Crippen LogP) is 2.28. The van der Waals surface area contributed by atoms with E-state index < -0.39 is 0 Å². The van der Waals surface area contributed by atoms with Crippen LogP contribution >= 0.6 is 22.6 Å². The third-order valence-electron chi connectivity index (χ3n) is 1.36. The number of hydrogen-bond donors (Lipinski definition) is 1. The van der Waals surface area contributed by atoms with Crippen LogP contribution in [0.4, 0.5) is 5.82 Å². The molecule has 0 saturated heterocycles. The van der Waals surface area contributed by atoms with Crippen LogP contribution in [0.5, 0.6) is 0 Å². The van der Waals surface area contributed by atoms with Crippen molar-refractivity contribution < 1.29 is 4.79 Å². The van der Waals surface area contributed by atoms with Gasteiger partial charge in [-0.25, -0.2) is 4.98 Å². The van der Waals surface area contributed by atoms with E-state index in [9.17, 15) is 4.79 Å². The van der Waals surface area contributed by atoms with Gasteiger partial charge in [0.25, 0.3) is 0 Å². The first-order valence-electron chi connectivity index (χ1n) is 3.73. The van der Waals surface area contributed by atoms with Crippen LogP contribution in [0.3, 0.4) is 0 Å². The maximum Gasteiger partial charge on any atom is 0.216 e. The highest BCUT2D eigenvalue weighted by molar-refractivity contribution is 14.1. The van der Waals surface area contributed by atoms with Crippen LogP contribution in [0.2, 0.25) is 0 Å². The van der Waals surface area contributed by atoms with Crippen LogP contribution in [-0.4, -0.2) is 8.77 Å². The molecule has 1 heterocycles. The quantitative estimate of drug-likeness (QED) is 0.527. The van der Waals surface area contributed by atoms with Crippen molar-refractivity contribution in [1.29, 1.82) is 0 Å². The molecule has 68 valence electrons. The molecule has 0 unspecified atom stereocenters. The third kappa shape index (κ3) is 4.02. The number of nitrogens with one attached hydrogen (secondary N) is 1. The summed E-state index contributed by atoms with van der Waals surface area (Å²) in [6.45, 7) is 1.97. The number of allylic oxidation sites excluding steroid dienone is 1. The van der Waals surface area contributed by atoms with Crippen molar-refractivity contribution >= 4 is 32.2 Å². The molecule has 0 atom stereocenters. The van der Waals surface area contributed by atoms with Crippen LogP contribution in [-0.2, 0) is 4.79 Å². The maximum absolute atomic E-state index is 10.5. The normalized spacial score (nSPS) is 10.3. The van der Waals surface area contributed by atoms with Crippen molar-refractivity contribution in [2.75, 3.05) is 5.32 Å². The molecule has 0 fully saturated rings. The number of carbonyl (C=O) groups excluding carboxylic acids is 1. The monoisotopic (exact) mass is 288 g/mol. The van der Waals surface area contributed by atoms with Crippen molar-refractivity contribution in [3.05, 3.63) is 36.2 Å². The topological polar surface area (TPSA) is 42.0 Å². The van der Waals surface area contributed by atoms with Crippen LogP contribution in [0.15, 0.2) is 30.6 Å². The SMILES string of the molecule is Cc1ccc(NC=CC(=O)I)nc1. The van der Waals surface area contributed by atoms with E-state index in [2.05, 4.69) is 10.3 Å². The molecular formula is C9H9IN2O. The molecule has 1 N–H and O–H groups in total. The molecule has 0 aliphatic carbocycles. The van der Waals surface area contributed by atoms with Crippen LogP contribution < -0.4 is 5.32 Å². The van der Waals surface area contributed by atoms with Gasteiger partial charge in [-0.3, -0.25) is 4.79 Å². The molecule has 0 bridgehead atoms. The number of carbonyl (C=O) groups is 1. The fraction of sp³-hybridized carbons (Fsp3) is 0.111. The molecule has 0 aliphatic rings. The Bertz CT molecular complexity index is 319. The minimum atomic E-state index is -0.0165. The second-order valence-electron chi connectivity index (χ2n) is 2.50. The highest BCUT2D eigenvalue weighted by Gasteiger charge is 1.89. The van der Waals surface area contributed by atoms with Crippen molar-refractivity contribution in [2.45, 2.75) is 6.92 Å². The van der Waals surface area contributed by atoms with Crippen molar-refractivity contribution in [1.82, 2.24) is 4.98 Å².